The van der Waals surface area contributed by atoms with Crippen LogP contribution < -0.4 is 10.6 Å². The maximum Gasteiger partial charge on any atom is 0.326 e. The average molecular weight is 568 g/mol. The van der Waals surface area contributed by atoms with Gasteiger partial charge in [-0.3, -0.25) is 4.79 Å². The van der Waals surface area contributed by atoms with Crippen LogP contribution in [-0.2, 0) is 32.2 Å². The van der Waals surface area contributed by atoms with Gasteiger partial charge in [0.05, 0.1) is 35.3 Å². The van der Waals surface area contributed by atoms with E-state index in [2.05, 4.69) is 5.32 Å². The lowest BCUT2D eigenvalue weighted by Crippen LogP contribution is -2.42. The second-order valence-corrected chi connectivity index (χ2v) is 12.6. The number of carboxylic acids is 1. The lowest BCUT2D eigenvalue weighted by atomic mass is 10.0. The molecule has 190 valence electrons. The van der Waals surface area contributed by atoms with Gasteiger partial charge in [-0.05, 0) is 42.1 Å². The van der Waals surface area contributed by atoms with Crippen molar-refractivity contribution in [2.45, 2.75) is 24.0 Å². The van der Waals surface area contributed by atoms with E-state index in [1.807, 2.05) is 37.0 Å². The van der Waals surface area contributed by atoms with Crippen LogP contribution in [-0.4, -0.2) is 44.4 Å². The largest absolute Gasteiger partial charge is 0.480 e. The standard InChI is InChI=1S/C25H24Cl2NO6PS/c1-35(18-8-4-3-5-9-18)34-15-17-12-20(26)23(21(27)13-17)24(29)28-22(25(30)31)14-16-7-6-10-19(11-16)36(2,32)33/h3-13,22H,14-15H2,1-2H3,(H,28,29)(H,30,31)/t22-,35?/m0/s1. The van der Waals surface area contributed by atoms with Crippen molar-refractivity contribution in [1.82, 2.24) is 5.32 Å². The molecule has 0 bridgehead atoms. The van der Waals surface area contributed by atoms with E-state index >= 15 is 0 Å². The molecular weight excluding hydrogens is 544 g/mol. The Kier molecular flexibility index (Phi) is 9.50. The summed E-state index contributed by atoms with van der Waals surface area (Å²) in [6, 6.07) is 17.4. The summed E-state index contributed by atoms with van der Waals surface area (Å²) in [4.78, 5) is 24.8. The van der Waals surface area contributed by atoms with Crippen molar-refractivity contribution in [1.29, 1.82) is 0 Å². The summed E-state index contributed by atoms with van der Waals surface area (Å²) in [5, 5.41) is 13.3. The zero-order valence-corrected chi connectivity index (χ0v) is 22.7. The van der Waals surface area contributed by atoms with Gasteiger partial charge < -0.3 is 14.9 Å². The number of aliphatic carboxylic acids is 1. The highest BCUT2D eigenvalue weighted by molar-refractivity contribution is 7.90. The van der Waals surface area contributed by atoms with E-state index in [-0.39, 0.29) is 33.5 Å². The third kappa shape index (κ3) is 7.51. The number of amides is 1. The molecule has 3 rings (SSSR count). The van der Waals surface area contributed by atoms with Crippen molar-refractivity contribution in [3.63, 3.8) is 0 Å². The predicted octanol–water partition coefficient (Wildman–Crippen LogP) is 4.69. The second kappa shape index (κ2) is 12.2. The number of benzene rings is 3. The minimum atomic E-state index is -3.47. The molecule has 1 unspecified atom stereocenters. The van der Waals surface area contributed by atoms with Crippen LogP contribution in [0.1, 0.15) is 21.5 Å². The number of nitrogens with one attached hydrogen (secondary N) is 1. The van der Waals surface area contributed by atoms with Crippen molar-refractivity contribution in [3.05, 3.63) is 93.5 Å². The maximum absolute atomic E-state index is 12.9. The average Bonchev–Trinajstić information content (AvgIpc) is 2.82. The smallest absolute Gasteiger partial charge is 0.326 e. The van der Waals surface area contributed by atoms with Gasteiger partial charge in [-0.15, -0.1) is 0 Å². The molecule has 0 aliphatic heterocycles. The number of rotatable bonds is 10. The molecule has 3 aromatic rings. The van der Waals surface area contributed by atoms with Crippen LogP contribution in [0.15, 0.2) is 71.6 Å². The number of hydrogen-bond acceptors (Lipinski definition) is 5. The highest BCUT2D eigenvalue weighted by Gasteiger charge is 2.25. The Morgan fingerprint density at radius 1 is 1.00 bits per heavy atom. The Labute approximate surface area is 221 Å². The van der Waals surface area contributed by atoms with E-state index < -0.39 is 35.9 Å². The molecule has 3 aromatic carbocycles. The van der Waals surface area contributed by atoms with Gasteiger partial charge in [-0.25, -0.2) is 13.2 Å². The molecule has 0 aliphatic carbocycles. The fourth-order valence-electron chi connectivity index (χ4n) is 3.38. The lowest BCUT2D eigenvalue weighted by Gasteiger charge is -2.17. The van der Waals surface area contributed by atoms with Crippen LogP contribution in [0.25, 0.3) is 0 Å². The Balaban J connectivity index is 1.72. The lowest BCUT2D eigenvalue weighted by molar-refractivity contribution is -0.139. The van der Waals surface area contributed by atoms with E-state index in [9.17, 15) is 23.1 Å². The number of hydrogen-bond donors (Lipinski definition) is 2. The van der Waals surface area contributed by atoms with Gasteiger partial charge in [-0.1, -0.05) is 65.7 Å². The van der Waals surface area contributed by atoms with E-state index in [0.29, 0.717) is 11.1 Å². The summed E-state index contributed by atoms with van der Waals surface area (Å²) >= 11 is 12.7. The highest BCUT2D eigenvalue weighted by Crippen LogP contribution is 2.34. The first kappa shape index (κ1) is 28.1. The SMILES string of the molecule is CP(OCc1cc(Cl)c(C(=O)N[C@@H](Cc2cccc(S(C)(=O)=O)c2)C(=O)O)c(Cl)c1)c1ccccc1. The van der Waals surface area contributed by atoms with Crippen LogP contribution in [0.2, 0.25) is 10.0 Å². The molecule has 0 radical (unpaired) electrons. The molecule has 2 atom stereocenters. The van der Waals surface area contributed by atoms with Crippen molar-refractivity contribution in [2.24, 2.45) is 0 Å². The van der Waals surface area contributed by atoms with E-state index in [4.69, 9.17) is 27.7 Å². The number of halogens is 2. The van der Waals surface area contributed by atoms with Gasteiger partial charge in [0.1, 0.15) is 6.04 Å². The number of carbonyl (C=O) groups is 2. The fraction of sp³-hybridized carbons (Fsp3) is 0.200. The number of carbonyl (C=O) groups excluding carboxylic acids is 1. The minimum absolute atomic E-state index is 0.0555. The van der Waals surface area contributed by atoms with Crippen LogP contribution in [0.5, 0.6) is 0 Å². The first-order valence-electron chi connectivity index (χ1n) is 10.7. The molecule has 0 fully saturated rings. The van der Waals surface area contributed by atoms with Gasteiger partial charge in [0.15, 0.2) is 9.84 Å². The number of carboxylic acid groups (broad SMARTS) is 1. The van der Waals surface area contributed by atoms with Gasteiger partial charge in [0.2, 0.25) is 0 Å². The molecule has 36 heavy (non-hydrogen) atoms. The predicted molar refractivity (Wildman–Crippen MR) is 142 cm³/mol. The molecule has 0 aromatic heterocycles. The van der Waals surface area contributed by atoms with Crippen LogP contribution in [0, 0.1) is 0 Å². The Morgan fingerprint density at radius 3 is 2.22 bits per heavy atom. The monoisotopic (exact) mass is 567 g/mol. The summed E-state index contributed by atoms with van der Waals surface area (Å²) in [5.74, 6) is -2.05. The van der Waals surface area contributed by atoms with Crippen molar-refractivity contribution in [2.75, 3.05) is 12.9 Å². The molecule has 1 amide bonds. The number of sulfone groups is 1. The summed E-state index contributed by atoms with van der Waals surface area (Å²) in [5.41, 5.74) is 1.05. The Hall–Kier alpha value is -2.48. The fourth-order valence-corrected chi connectivity index (χ4v) is 5.86. The molecule has 0 saturated carbocycles. The third-order valence-electron chi connectivity index (χ3n) is 5.24. The normalized spacial score (nSPS) is 13.1. The van der Waals surface area contributed by atoms with E-state index in [1.165, 1.54) is 18.2 Å². The van der Waals surface area contributed by atoms with E-state index in [0.717, 1.165) is 11.6 Å². The van der Waals surface area contributed by atoms with Crippen molar-refractivity contribution in [3.8, 4) is 0 Å². The van der Waals surface area contributed by atoms with Crippen molar-refractivity contribution < 1.29 is 27.6 Å². The van der Waals surface area contributed by atoms with Gasteiger partial charge >= 0.3 is 5.97 Å². The molecule has 0 spiro atoms. The molecule has 0 saturated heterocycles. The van der Waals surface area contributed by atoms with Crippen LogP contribution in [0.3, 0.4) is 0 Å². The summed E-state index contributed by atoms with van der Waals surface area (Å²) in [7, 11) is -4.33. The van der Waals surface area contributed by atoms with Crippen molar-refractivity contribution >= 4 is 58.4 Å². The first-order chi connectivity index (χ1) is 17.0. The maximum atomic E-state index is 12.9. The molecule has 0 heterocycles. The molecular formula is C25H24Cl2NO6PS. The topological polar surface area (TPSA) is 110 Å². The summed E-state index contributed by atoms with van der Waals surface area (Å²) in [6.07, 6.45) is 0.926. The van der Waals surface area contributed by atoms with Gasteiger partial charge in [0, 0.05) is 18.0 Å². The quantitative estimate of drug-likeness (QED) is 0.344. The van der Waals surface area contributed by atoms with Gasteiger partial charge in [0.25, 0.3) is 5.91 Å². The van der Waals surface area contributed by atoms with E-state index in [1.54, 1.807) is 18.2 Å². The molecule has 2 N–H and O–H groups in total. The minimum Gasteiger partial charge on any atom is -0.480 e. The first-order valence-corrected chi connectivity index (χ1v) is 15.0. The Morgan fingerprint density at radius 2 is 1.64 bits per heavy atom. The zero-order valence-electron chi connectivity index (χ0n) is 19.4. The molecule has 0 aliphatic rings. The molecule has 11 heteroatoms. The zero-order chi connectivity index (χ0) is 26.5. The molecule has 7 nitrogen and oxygen atoms in total. The third-order valence-corrected chi connectivity index (χ3v) is 8.49. The van der Waals surface area contributed by atoms with Crippen LogP contribution >= 0.6 is 31.4 Å². The highest BCUT2D eigenvalue weighted by atomic mass is 35.5. The van der Waals surface area contributed by atoms with Crippen LogP contribution in [0.4, 0.5) is 0 Å². The summed E-state index contributed by atoms with van der Waals surface area (Å²) < 4.78 is 29.6. The second-order valence-electron chi connectivity index (χ2n) is 8.03. The van der Waals surface area contributed by atoms with Gasteiger partial charge in [-0.2, -0.15) is 0 Å². The summed E-state index contributed by atoms with van der Waals surface area (Å²) in [6.45, 7) is 2.21. The Bertz CT molecular complexity index is 1340.